The monoisotopic (exact) mass is 410 g/mol. The van der Waals surface area contributed by atoms with E-state index >= 15 is 0 Å². The van der Waals surface area contributed by atoms with Crippen LogP contribution in [-0.4, -0.2) is 36.7 Å². The van der Waals surface area contributed by atoms with E-state index in [1.54, 1.807) is 19.4 Å². The maximum atomic E-state index is 12.3. The molecule has 3 heterocycles. The Hall–Kier alpha value is -2.89. The summed E-state index contributed by atoms with van der Waals surface area (Å²) in [5.41, 5.74) is 1.49. The first-order chi connectivity index (χ1) is 13.2. The molecule has 1 aromatic heterocycles. The van der Waals surface area contributed by atoms with Gasteiger partial charge in [0.1, 0.15) is 22.6 Å². The molecule has 5 rings (SSSR count). The van der Waals surface area contributed by atoms with Crippen molar-refractivity contribution in [3.63, 3.8) is 0 Å². The predicted molar refractivity (Wildman–Crippen MR) is 93.2 cm³/mol. The minimum absolute atomic E-state index is 0.128. The highest BCUT2D eigenvalue weighted by Gasteiger charge is 2.41. The molecule has 0 fully saturated rings. The van der Waals surface area contributed by atoms with Gasteiger partial charge in [-0.25, -0.2) is 4.79 Å². The Kier molecular flexibility index (Phi) is 4.17. The largest absolute Gasteiger partial charge is 0.496 e. The van der Waals surface area contributed by atoms with Gasteiger partial charge in [-0.05, 0) is 18.1 Å². The Morgan fingerprint density at radius 3 is 2.61 bits per heavy atom. The van der Waals surface area contributed by atoms with Crippen molar-refractivity contribution < 1.29 is 40.9 Å². The van der Waals surface area contributed by atoms with Crippen LogP contribution >= 0.6 is 0 Å². The number of methoxy groups -OCH3 is 1. The van der Waals surface area contributed by atoms with Crippen LogP contribution in [0.2, 0.25) is 0 Å². The zero-order chi connectivity index (χ0) is 20.2. The molecule has 148 valence electrons. The van der Waals surface area contributed by atoms with Gasteiger partial charge in [0, 0.05) is 12.5 Å². The second kappa shape index (κ2) is 6.33. The Bertz CT molecular complexity index is 1180. The molecular weight excluding hydrogens is 396 g/mol. The van der Waals surface area contributed by atoms with Crippen molar-refractivity contribution in [3.05, 3.63) is 45.5 Å². The average Bonchev–Trinajstić information content (AvgIpc) is 3.26. The highest BCUT2D eigenvalue weighted by Crippen LogP contribution is 2.50. The van der Waals surface area contributed by atoms with E-state index in [1.165, 1.54) is 0 Å². The number of hydrogen-bond acceptors (Lipinski definition) is 8. The molecule has 2 N–H and O–H groups in total. The fraction of sp³-hybridized carbons (Fsp3) is 0.294. The van der Waals surface area contributed by atoms with Crippen molar-refractivity contribution in [1.29, 1.82) is 0 Å². The van der Waals surface area contributed by atoms with Crippen LogP contribution in [0.5, 0.6) is 11.5 Å². The SMILES string of the molecule is COc1cc2c(c3oc(=O)c4c(c13)CCC4=O)C1C=COC1O2.O=S(=O)(O)O. The van der Waals surface area contributed by atoms with Gasteiger partial charge in [-0.2, -0.15) is 8.42 Å². The number of aryl methyl sites for hydroxylation is 1. The quantitative estimate of drug-likeness (QED) is 0.524. The molecule has 0 bridgehead atoms. The van der Waals surface area contributed by atoms with Crippen molar-refractivity contribution in [2.45, 2.75) is 25.0 Å². The number of carbonyl (C=O) groups is 1. The molecule has 0 saturated carbocycles. The first-order valence-electron chi connectivity index (χ1n) is 8.11. The number of ether oxygens (including phenoxy) is 3. The summed E-state index contributed by atoms with van der Waals surface area (Å²) in [4.78, 5) is 24.3. The molecular formula is C17H14O10S. The lowest BCUT2D eigenvalue weighted by Crippen LogP contribution is -2.14. The second-order valence-corrected chi connectivity index (χ2v) is 7.18. The van der Waals surface area contributed by atoms with Crippen molar-refractivity contribution >= 4 is 27.2 Å². The van der Waals surface area contributed by atoms with E-state index in [9.17, 15) is 9.59 Å². The first-order valence-corrected chi connectivity index (χ1v) is 9.51. The summed E-state index contributed by atoms with van der Waals surface area (Å²) in [5.74, 6) is 0.826. The van der Waals surface area contributed by atoms with E-state index in [4.69, 9.17) is 36.2 Å². The maximum absolute atomic E-state index is 12.3. The molecule has 0 radical (unpaired) electrons. The van der Waals surface area contributed by atoms with Crippen LogP contribution in [-0.2, 0) is 21.6 Å². The van der Waals surface area contributed by atoms with E-state index in [-0.39, 0.29) is 17.3 Å². The summed E-state index contributed by atoms with van der Waals surface area (Å²) < 4.78 is 53.8. The molecule has 28 heavy (non-hydrogen) atoms. The van der Waals surface area contributed by atoms with Gasteiger partial charge in [0.2, 0.25) is 0 Å². The van der Waals surface area contributed by atoms with Crippen molar-refractivity contribution in [1.82, 2.24) is 0 Å². The van der Waals surface area contributed by atoms with Gasteiger partial charge in [0.15, 0.2) is 5.78 Å². The summed E-state index contributed by atoms with van der Waals surface area (Å²) in [6, 6.07) is 1.77. The summed E-state index contributed by atoms with van der Waals surface area (Å²) in [7, 11) is -3.12. The number of hydrogen-bond donors (Lipinski definition) is 2. The average molecular weight is 410 g/mol. The second-order valence-electron chi connectivity index (χ2n) is 6.29. The first kappa shape index (κ1) is 18.5. The molecule has 1 aliphatic carbocycles. The molecule has 1 aromatic carbocycles. The van der Waals surface area contributed by atoms with Gasteiger partial charge >= 0.3 is 16.0 Å². The van der Waals surface area contributed by atoms with Gasteiger partial charge in [-0.15, -0.1) is 0 Å². The topological polar surface area (TPSA) is 150 Å². The molecule has 11 heteroatoms. The highest BCUT2D eigenvalue weighted by molar-refractivity contribution is 7.79. The lowest BCUT2D eigenvalue weighted by molar-refractivity contribution is -0.00485. The summed E-state index contributed by atoms with van der Waals surface area (Å²) in [6.07, 6.45) is 3.86. The van der Waals surface area contributed by atoms with Crippen LogP contribution in [0, 0.1) is 0 Å². The van der Waals surface area contributed by atoms with Crippen molar-refractivity contribution in [3.8, 4) is 11.5 Å². The zero-order valence-electron chi connectivity index (χ0n) is 14.4. The normalized spacial score (nSPS) is 21.3. The maximum Gasteiger partial charge on any atom is 0.394 e. The van der Waals surface area contributed by atoms with Crippen LogP contribution in [0.4, 0.5) is 0 Å². The molecule has 3 aliphatic rings. The zero-order valence-corrected chi connectivity index (χ0v) is 15.2. The van der Waals surface area contributed by atoms with E-state index in [1.807, 2.05) is 6.08 Å². The van der Waals surface area contributed by atoms with E-state index in [0.717, 1.165) is 5.56 Å². The van der Waals surface area contributed by atoms with Gasteiger partial charge in [0.25, 0.3) is 6.29 Å². The number of benzene rings is 1. The third-order valence-electron chi connectivity index (χ3n) is 4.72. The van der Waals surface area contributed by atoms with E-state index < -0.39 is 22.3 Å². The lowest BCUT2D eigenvalue weighted by atomic mass is 9.95. The molecule has 0 amide bonds. The number of rotatable bonds is 1. The third kappa shape index (κ3) is 2.93. The van der Waals surface area contributed by atoms with Crippen LogP contribution < -0.4 is 15.1 Å². The third-order valence-corrected chi connectivity index (χ3v) is 4.72. The Morgan fingerprint density at radius 1 is 1.21 bits per heavy atom. The minimum Gasteiger partial charge on any atom is -0.496 e. The van der Waals surface area contributed by atoms with Gasteiger partial charge in [0.05, 0.1) is 30.2 Å². The minimum atomic E-state index is -4.67. The van der Waals surface area contributed by atoms with Crippen molar-refractivity contribution in [2.24, 2.45) is 0 Å². The Labute approximate surface area is 157 Å². The molecule has 2 unspecified atom stereocenters. The number of ketones is 1. The van der Waals surface area contributed by atoms with Crippen LogP contribution in [0.3, 0.4) is 0 Å². The molecule has 2 atom stereocenters. The van der Waals surface area contributed by atoms with Crippen LogP contribution in [0.25, 0.3) is 11.0 Å². The van der Waals surface area contributed by atoms with Gasteiger partial charge in [-0.3, -0.25) is 13.9 Å². The molecule has 10 nitrogen and oxygen atoms in total. The number of carbonyl (C=O) groups excluding carboxylic acids is 1. The van der Waals surface area contributed by atoms with Crippen LogP contribution in [0.15, 0.2) is 27.6 Å². The molecule has 0 saturated heterocycles. The summed E-state index contributed by atoms with van der Waals surface area (Å²) in [6.45, 7) is 0. The standard InChI is InChI=1S/C17H12O6.H2O4S/c1-20-10-6-11-14(8-4-5-21-17(8)22-11)15-13(10)7-2-3-9(18)12(7)16(19)23-15;1-5(2,3)4/h4-6,8,17H,2-3H2,1H3;(H2,1,2,3,4). The fourth-order valence-corrected chi connectivity index (χ4v) is 3.72. The molecule has 2 aliphatic heterocycles. The molecule has 0 spiro atoms. The summed E-state index contributed by atoms with van der Waals surface area (Å²) in [5, 5.41) is 0.691. The van der Waals surface area contributed by atoms with E-state index in [2.05, 4.69) is 0 Å². The predicted octanol–water partition coefficient (Wildman–Crippen LogP) is 1.62. The van der Waals surface area contributed by atoms with Gasteiger partial charge < -0.3 is 18.6 Å². The Morgan fingerprint density at radius 2 is 1.93 bits per heavy atom. The Balaban J connectivity index is 0.000000346. The van der Waals surface area contributed by atoms with E-state index in [0.29, 0.717) is 40.9 Å². The lowest BCUT2D eigenvalue weighted by Gasteiger charge is -2.12. The highest BCUT2D eigenvalue weighted by atomic mass is 32.3. The number of fused-ring (bicyclic) bond motifs is 7. The fourth-order valence-electron chi connectivity index (χ4n) is 3.72. The summed E-state index contributed by atoms with van der Waals surface area (Å²) >= 11 is 0. The molecule has 2 aromatic rings. The van der Waals surface area contributed by atoms with Crippen molar-refractivity contribution in [2.75, 3.05) is 7.11 Å². The number of Topliss-reactive ketones (excluding diaryl/α,β-unsaturated/α-hetero) is 1. The smallest absolute Gasteiger partial charge is 0.394 e. The van der Waals surface area contributed by atoms with Crippen LogP contribution in [0.1, 0.15) is 33.8 Å². The van der Waals surface area contributed by atoms with Gasteiger partial charge in [-0.1, -0.05) is 0 Å².